The lowest BCUT2D eigenvalue weighted by molar-refractivity contribution is -0.221. The number of rotatable bonds is 1. The van der Waals surface area contributed by atoms with Gasteiger partial charge in [-0.1, -0.05) is 6.07 Å². The average molecular weight is 328 g/mol. The summed E-state index contributed by atoms with van der Waals surface area (Å²) in [7, 11) is 0. The van der Waals surface area contributed by atoms with Gasteiger partial charge in [0, 0.05) is 5.56 Å². The number of aliphatic hydroxyl groups excluding tert-OH is 2. The molecule has 0 spiro atoms. The molecule has 1 aliphatic rings. The van der Waals surface area contributed by atoms with Gasteiger partial charge in [-0.2, -0.15) is 26.3 Å². The molecule has 0 bridgehead atoms. The van der Waals surface area contributed by atoms with Gasteiger partial charge in [-0.05, 0) is 24.1 Å². The molecule has 3 unspecified atom stereocenters. The van der Waals surface area contributed by atoms with Crippen LogP contribution in [0, 0.1) is 12.8 Å². The Kier molecular flexibility index (Phi) is 3.77. The van der Waals surface area contributed by atoms with Gasteiger partial charge < -0.3 is 10.2 Å². The van der Waals surface area contributed by atoms with Crippen molar-refractivity contribution >= 4 is 5.78 Å². The molecule has 0 aromatic heterocycles. The summed E-state index contributed by atoms with van der Waals surface area (Å²) in [6.45, 7) is 1.06. The Hall–Kier alpha value is -1.61. The molecule has 0 heterocycles. The van der Waals surface area contributed by atoms with E-state index in [0.29, 0.717) is 6.07 Å². The van der Waals surface area contributed by atoms with E-state index in [0.717, 1.165) is 13.0 Å². The molecule has 22 heavy (non-hydrogen) atoms. The van der Waals surface area contributed by atoms with Crippen molar-refractivity contribution < 1.29 is 41.4 Å². The SMILES string of the molecule is Cc1cc2c(cc1C(F)(F)F)C(=O)C(C(O)C(F)(F)F)C2O. The summed E-state index contributed by atoms with van der Waals surface area (Å²) < 4.78 is 75.9. The first-order valence-corrected chi connectivity index (χ1v) is 6.04. The zero-order chi connectivity index (χ0) is 17.0. The molecule has 122 valence electrons. The summed E-state index contributed by atoms with van der Waals surface area (Å²) in [6, 6.07) is 1.24. The highest BCUT2D eigenvalue weighted by atomic mass is 19.4. The topological polar surface area (TPSA) is 57.5 Å². The highest BCUT2D eigenvalue weighted by Crippen LogP contribution is 2.44. The lowest BCUT2D eigenvalue weighted by atomic mass is 9.95. The van der Waals surface area contributed by atoms with Crippen LogP contribution in [-0.4, -0.2) is 28.3 Å². The van der Waals surface area contributed by atoms with E-state index in [1.54, 1.807) is 0 Å². The van der Waals surface area contributed by atoms with E-state index in [1.807, 2.05) is 0 Å². The molecule has 0 saturated heterocycles. The number of hydrogen-bond acceptors (Lipinski definition) is 3. The number of alkyl halides is 6. The monoisotopic (exact) mass is 328 g/mol. The van der Waals surface area contributed by atoms with Crippen LogP contribution in [0.3, 0.4) is 0 Å². The Morgan fingerprint density at radius 2 is 1.68 bits per heavy atom. The summed E-state index contributed by atoms with van der Waals surface area (Å²) in [5.41, 5.74) is -2.50. The maximum atomic E-state index is 12.8. The molecule has 0 amide bonds. The third-order valence-electron chi connectivity index (χ3n) is 3.60. The molecule has 3 nitrogen and oxygen atoms in total. The number of ketones is 1. The number of carbonyl (C=O) groups is 1. The van der Waals surface area contributed by atoms with Crippen molar-refractivity contribution in [3.63, 3.8) is 0 Å². The Labute approximate surface area is 120 Å². The van der Waals surface area contributed by atoms with Crippen LogP contribution < -0.4 is 0 Å². The van der Waals surface area contributed by atoms with E-state index < -0.39 is 47.4 Å². The fourth-order valence-corrected chi connectivity index (χ4v) is 2.53. The van der Waals surface area contributed by atoms with Crippen molar-refractivity contribution in [2.45, 2.75) is 31.5 Å². The highest BCUT2D eigenvalue weighted by Gasteiger charge is 2.53. The number of aliphatic hydroxyl groups is 2. The first kappa shape index (κ1) is 16.8. The van der Waals surface area contributed by atoms with Gasteiger partial charge in [-0.3, -0.25) is 4.79 Å². The molecular formula is C13H10F6O3. The number of halogens is 6. The van der Waals surface area contributed by atoms with Crippen molar-refractivity contribution in [2.24, 2.45) is 5.92 Å². The number of carbonyl (C=O) groups excluding carboxylic acids is 1. The first-order valence-electron chi connectivity index (χ1n) is 6.04. The number of Topliss-reactive ketones (excluding diaryl/α,β-unsaturated/α-hetero) is 1. The van der Waals surface area contributed by atoms with E-state index in [9.17, 15) is 36.2 Å². The van der Waals surface area contributed by atoms with Crippen LogP contribution in [0.15, 0.2) is 12.1 Å². The lowest BCUT2D eigenvalue weighted by Crippen LogP contribution is -2.40. The van der Waals surface area contributed by atoms with E-state index in [1.165, 1.54) is 0 Å². The quantitative estimate of drug-likeness (QED) is 0.780. The largest absolute Gasteiger partial charge is 0.416 e. The second kappa shape index (κ2) is 4.95. The number of benzene rings is 1. The smallest absolute Gasteiger partial charge is 0.388 e. The minimum atomic E-state index is -5.18. The second-order valence-corrected chi connectivity index (χ2v) is 5.07. The maximum absolute atomic E-state index is 12.8. The van der Waals surface area contributed by atoms with E-state index in [2.05, 4.69) is 0 Å². The summed E-state index contributed by atoms with van der Waals surface area (Å²) in [5.74, 6) is -3.63. The molecule has 2 rings (SSSR count). The van der Waals surface area contributed by atoms with Crippen LogP contribution in [0.25, 0.3) is 0 Å². The first-order chi connectivity index (χ1) is 9.85. The summed E-state index contributed by atoms with van der Waals surface area (Å²) in [4.78, 5) is 11.9. The fraction of sp³-hybridized carbons (Fsp3) is 0.462. The molecular weight excluding hydrogens is 318 g/mol. The van der Waals surface area contributed by atoms with Gasteiger partial charge in [-0.25, -0.2) is 0 Å². The highest BCUT2D eigenvalue weighted by molar-refractivity contribution is 6.03. The molecule has 0 fully saturated rings. The molecule has 0 radical (unpaired) electrons. The minimum absolute atomic E-state index is 0.333. The Morgan fingerprint density at radius 1 is 1.14 bits per heavy atom. The molecule has 9 heteroatoms. The van der Waals surface area contributed by atoms with Gasteiger partial charge >= 0.3 is 12.4 Å². The Balaban J connectivity index is 2.53. The zero-order valence-corrected chi connectivity index (χ0v) is 11.0. The van der Waals surface area contributed by atoms with Crippen molar-refractivity contribution in [3.8, 4) is 0 Å². The lowest BCUT2D eigenvalue weighted by Gasteiger charge is -2.22. The predicted octanol–water partition coefficient (Wildman–Crippen LogP) is 2.78. The summed E-state index contributed by atoms with van der Waals surface area (Å²) in [5, 5.41) is 19.0. The van der Waals surface area contributed by atoms with E-state index >= 15 is 0 Å². The molecule has 1 aromatic rings. The van der Waals surface area contributed by atoms with Gasteiger partial charge in [0.1, 0.15) is 0 Å². The fourth-order valence-electron chi connectivity index (χ4n) is 2.53. The molecule has 0 aliphatic heterocycles. The predicted molar refractivity (Wildman–Crippen MR) is 61.0 cm³/mol. The van der Waals surface area contributed by atoms with Gasteiger partial charge in [0.05, 0.1) is 17.6 Å². The number of fused-ring (bicyclic) bond motifs is 1. The second-order valence-electron chi connectivity index (χ2n) is 5.07. The van der Waals surface area contributed by atoms with Crippen LogP contribution in [0.4, 0.5) is 26.3 Å². The van der Waals surface area contributed by atoms with Crippen molar-refractivity contribution in [1.82, 2.24) is 0 Å². The van der Waals surface area contributed by atoms with Crippen LogP contribution >= 0.6 is 0 Å². The number of hydrogen-bond donors (Lipinski definition) is 2. The minimum Gasteiger partial charge on any atom is -0.388 e. The summed E-state index contributed by atoms with van der Waals surface area (Å²) in [6.07, 6.45) is -15.1. The third kappa shape index (κ3) is 2.58. The molecule has 2 N–H and O–H groups in total. The Bertz CT molecular complexity index is 619. The van der Waals surface area contributed by atoms with Gasteiger partial charge in [0.25, 0.3) is 0 Å². The van der Waals surface area contributed by atoms with Crippen LogP contribution in [-0.2, 0) is 6.18 Å². The van der Waals surface area contributed by atoms with Gasteiger partial charge in [-0.15, -0.1) is 0 Å². The van der Waals surface area contributed by atoms with Crippen LogP contribution in [0.1, 0.15) is 33.2 Å². The maximum Gasteiger partial charge on any atom is 0.416 e. The molecule has 1 aliphatic carbocycles. The van der Waals surface area contributed by atoms with Crippen molar-refractivity contribution in [1.29, 1.82) is 0 Å². The number of aryl methyl sites for hydroxylation is 1. The normalized spacial score (nSPS) is 23.6. The van der Waals surface area contributed by atoms with Gasteiger partial charge in [0.2, 0.25) is 0 Å². The molecule has 3 atom stereocenters. The molecule has 0 saturated carbocycles. The van der Waals surface area contributed by atoms with E-state index in [-0.39, 0.29) is 11.1 Å². The van der Waals surface area contributed by atoms with Crippen LogP contribution in [0.2, 0.25) is 0 Å². The van der Waals surface area contributed by atoms with E-state index in [4.69, 9.17) is 5.11 Å². The van der Waals surface area contributed by atoms with Crippen molar-refractivity contribution in [3.05, 3.63) is 34.4 Å². The van der Waals surface area contributed by atoms with Gasteiger partial charge in [0.15, 0.2) is 11.9 Å². The zero-order valence-electron chi connectivity index (χ0n) is 11.0. The average Bonchev–Trinajstić information content (AvgIpc) is 2.57. The summed E-state index contributed by atoms with van der Waals surface area (Å²) >= 11 is 0. The van der Waals surface area contributed by atoms with Crippen molar-refractivity contribution in [2.75, 3.05) is 0 Å². The third-order valence-corrected chi connectivity index (χ3v) is 3.60. The molecule has 1 aromatic carbocycles. The standard InChI is InChI=1S/C13H10F6O3/c1-4-2-5-6(3-7(4)12(14,15)16)10(21)8(9(5)20)11(22)13(17,18)19/h2-3,8-9,11,20,22H,1H3. The van der Waals surface area contributed by atoms with Crippen LogP contribution in [0.5, 0.6) is 0 Å². The Morgan fingerprint density at radius 3 is 2.14 bits per heavy atom.